The van der Waals surface area contributed by atoms with E-state index >= 15 is 0 Å². The molecule has 0 saturated carbocycles. The average Bonchev–Trinajstić information content (AvgIpc) is 3.10. The minimum absolute atomic E-state index is 0.0438. The summed E-state index contributed by atoms with van der Waals surface area (Å²) in [5.41, 5.74) is 0. The van der Waals surface area contributed by atoms with Crippen LogP contribution in [0.3, 0.4) is 0 Å². The molecular weight excluding hydrogens is 338 g/mol. The molecule has 0 bridgehead atoms. The van der Waals surface area contributed by atoms with Gasteiger partial charge in [-0.1, -0.05) is 32.6 Å². The Kier molecular flexibility index (Phi) is 11.9. The molecule has 25 heavy (non-hydrogen) atoms. The van der Waals surface area contributed by atoms with Crippen LogP contribution in [0.2, 0.25) is 0 Å². The number of carbonyl (C=O) groups is 2. The number of thiazole rings is 1. The summed E-state index contributed by atoms with van der Waals surface area (Å²) < 4.78 is 5.33. The number of aromatic nitrogens is 1. The van der Waals surface area contributed by atoms with Crippen molar-refractivity contribution in [2.24, 2.45) is 0 Å². The van der Waals surface area contributed by atoms with Gasteiger partial charge in [-0.15, -0.1) is 11.3 Å². The number of nitrogens with zero attached hydrogens (tertiary/aromatic N) is 2. The van der Waals surface area contributed by atoms with Crippen molar-refractivity contribution in [2.45, 2.75) is 58.8 Å². The van der Waals surface area contributed by atoms with Gasteiger partial charge in [-0.2, -0.15) is 0 Å². The first-order chi connectivity index (χ1) is 12.2. The highest BCUT2D eigenvalue weighted by Crippen LogP contribution is 2.11. The van der Waals surface area contributed by atoms with Crippen molar-refractivity contribution >= 4 is 28.3 Å². The van der Waals surface area contributed by atoms with Gasteiger partial charge in [-0.25, -0.2) is 4.98 Å². The van der Waals surface area contributed by atoms with Crippen LogP contribution in [0, 0.1) is 0 Å². The largest absolute Gasteiger partial charge is 0.382 e. The molecule has 6 nitrogen and oxygen atoms in total. The van der Waals surface area contributed by atoms with Crippen molar-refractivity contribution in [2.75, 3.05) is 31.6 Å². The van der Waals surface area contributed by atoms with Crippen LogP contribution in [-0.2, 0) is 14.3 Å². The predicted octanol–water partition coefficient (Wildman–Crippen LogP) is 3.70. The lowest BCUT2D eigenvalue weighted by atomic mass is 10.1. The van der Waals surface area contributed by atoms with Crippen LogP contribution < -0.4 is 5.32 Å². The molecule has 0 aliphatic rings. The number of hydrogen-bond acceptors (Lipinski definition) is 5. The standard InChI is InChI=1S/C18H31N3O3S/c1-3-5-6-7-8-10-17(23)21(12-9-13-24-4-2)15-16(22)20-18-19-11-14-25-18/h11,14H,3-10,12-13,15H2,1-2H3,(H,19,20,22). The molecule has 1 rings (SSSR count). The quantitative estimate of drug-likeness (QED) is 0.508. The second-order valence-corrected chi connectivity index (χ2v) is 6.81. The SMILES string of the molecule is CCCCCCCC(=O)N(CCCOCC)CC(=O)Nc1nccs1. The van der Waals surface area contributed by atoms with Crippen molar-refractivity contribution in [1.29, 1.82) is 0 Å². The Morgan fingerprint density at radius 3 is 2.68 bits per heavy atom. The molecule has 1 aromatic heterocycles. The lowest BCUT2D eigenvalue weighted by Crippen LogP contribution is -2.39. The van der Waals surface area contributed by atoms with Crippen LogP contribution in [0.4, 0.5) is 5.13 Å². The molecule has 0 radical (unpaired) electrons. The molecule has 0 aliphatic heterocycles. The second-order valence-electron chi connectivity index (χ2n) is 5.92. The Morgan fingerprint density at radius 1 is 1.20 bits per heavy atom. The van der Waals surface area contributed by atoms with E-state index in [4.69, 9.17) is 4.74 Å². The van der Waals surface area contributed by atoms with Crippen LogP contribution in [0.15, 0.2) is 11.6 Å². The number of unbranched alkanes of at least 4 members (excludes halogenated alkanes) is 4. The summed E-state index contributed by atoms with van der Waals surface area (Å²) in [6.07, 6.45) is 8.40. The maximum atomic E-state index is 12.5. The van der Waals surface area contributed by atoms with Gasteiger partial charge in [-0.05, 0) is 19.8 Å². The fourth-order valence-corrected chi connectivity index (χ4v) is 2.99. The highest BCUT2D eigenvalue weighted by molar-refractivity contribution is 7.13. The minimum atomic E-state index is -0.203. The topological polar surface area (TPSA) is 71.5 Å². The summed E-state index contributed by atoms with van der Waals surface area (Å²) in [7, 11) is 0. The Bertz CT molecular complexity index is 480. The van der Waals surface area contributed by atoms with Crippen LogP contribution in [0.5, 0.6) is 0 Å². The number of amides is 2. The first kappa shape index (κ1) is 21.6. The van der Waals surface area contributed by atoms with Gasteiger partial charge in [0.15, 0.2) is 5.13 Å². The van der Waals surface area contributed by atoms with Crippen LogP contribution in [0.1, 0.15) is 58.8 Å². The molecule has 1 heterocycles. The van der Waals surface area contributed by atoms with E-state index in [0.717, 1.165) is 19.3 Å². The summed E-state index contributed by atoms with van der Waals surface area (Å²) in [6.45, 7) is 5.99. The van der Waals surface area contributed by atoms with E-state index < -0.39 is 0 Å². The first-order valence-electron chi connectivity index (χ1n) is 9.22. The number of carbonyl (C=O) groups excluding carboxylic acids is 2. The zero-order valence-corrected chi connectivity index (χ0v) is 16.3. The van der Waals surface area contributed by atoms with Gasteiger partial charge in [0.25, 0.3) is 0 Å². The molecule has 0 spiro atoms. The third-order valence-electron chi connectivity index (χ3n) is 3.78. The van der Waals surface area contributed by atoms with Gasteiger partial charge < -0.3 is 15.0 Å². The van der Waals surface area contributed by atoms with E-state index in [1.807, 2.05) is 6.92 Å². The summed E-state index contributed by atoms with van der Waals surface area (Å²) in [6, 6.07) is 0. The summed E-state index contributed by atoms with van der Waals surface area (Å²) in [4.78, 5) is 30.3. The van der Waals surface area contributed by atoms with Gasteiger partial charge >= 0.3 is 0 Å². The van der Waals surface area contributed by atoms with E-state index in [0.29, 0.717) is 31.3 Å². The molecule has 0 fully saturated rings. The monoisotopic (exact) mass is 369 g/mol. The molecule has 1 aromatic rings. The molecule has 0 aromatic carbocycles. The lowest BCUT2D eigenvalue weighted by molar-refractivity contribution is -0.135. The molecule has 0 saturated heterocycles. The fraction of sp³-hybridized carbons (Fsp3) is 0.722. The minimum Gasteiger partial charge on any atom is -0.382 e. The van der Waals surface area contributed by atoms with Crippen molar-refractivity contribution in [3.8, 4) is 0 Å². The van der Waals surface area contributed by atoms with Crippen molar-refractivity contribution < 1.29 is 14.3 Å². The van der Waals surface area contributed by atoms with Crippen molar-refractivity contribution in [3.63, 3.8) is 0 Å². The average molecular weight is 370 g/mol. The number of hydrogen-bond donors (Lipinski definition) is 1. The Hall–Kier alpha value is -1.47. The van der Waals surface area contributed by atoms with Crippen LogP contribution in [0.25, 0.3) is 0 Å². The van der Waals surface area contributed by atoms with Crippen LogP contribution >= 0.6 is 11.3 Å². The number of nitrogens with one attached hydrogen (secondary N) is 1. The van der Waals surface area contributed by atoms with E-state index in [9.17, 15) is 9.59 Å². The predicted molar refractivity (Wildman–Crippen MR) is 102 cm³/mol. The Labute approximate surface area is 155 Å². The van der Waals surface area contributed by atoms with E-state index in [1.54, 1.807) is 16.5 Å². The lowest BCUT2D eigenvalue weighted by Gasteiger charge is -2.22. The van der Waals surface area contributed by atoms with Gasteiger partial charge in [0, 0.05) is 37.8 Å². The molecular formula is C18H31N3O3S. The van der Waals surface area contributed by atoms with Crippen LogP contribution in [-0.4, -0.2) is 48.0 Å². The highest BCUT2D eigenvalue weighted by atomic mass is 32.1. The van der Waals surface area contributed by atoms with E-state index in [-0.39, 0.29) is 18.4 Å². The third-order valence-corrected chi connectivity index (χ3v) is 4.47. The Balaban J connectivity index is 2.43. The Morgan fingerprint density at radius 2 is 2.00 bits per heavy atom. The molecule has 1 N–H and O–H groups in total. The summed E-state index contributed by atoms with van der Waals surface area (Å²) >= 11 is 1.37. The zero-order valence-electron chi connectivity index (χ0n) is 15.5. The molecule has 0 atom stereocenters. The van der Waals surface area contributed by atoms with Gasteiger partial charge in [0.1, 0.15) is 0 Å². The van der Waals surface area contributed by atoms with Gasteiger partial charge in [-0.3, -0.25) is 9.59 Å². The number of ether oxygens (including phenoxy) is 1. The molecule has 2 amide bonds. The fourth-order valence-electron chi connectivity index (χ4n) is 2.45. The van der Waals surface area contributed by atoms with Gasteiger partial charge in [0.2, 0.25) is 11.8 Å². The number of rotatable bonds is 14. The third kappa shape index (κ3) is 10.2. The summed E-state index contributed by atoms with van der Waals surface area (Å²) in [5.74, 6) is -0.159. The second kappa shape index (κ2) is 13.8. The van der Waals surface area contributed by atoms with Crippen molar-refractivity contribution in [3.05, 3.63) is 11.6 Å². The van der Waals surface area contributed by atoms with Crippen molar-refractivity contribution in [1.82, 2.24) is 9.88 Å². The number of anilines is 1. The molecule has 0 unspecified atom stereocenters. The van der Waals surface area contributed by atoms with E-state index in [2.05, 4.69) is 17.2 Å². The molecule has 142 valence electrons. The molecule has 0 aliphatic carbocycles. The smallest absolute Gasteiger partial charge is 0.245 e. The zero-order chi connectivity index (χ0) is 18.3. The summed E-state index contributed by atoms with van der Waals surface area (Å²) in [5, 5.41) is 5.10. The van der Waals surface area contributed by atoms with E-state index in [1.165, 1.54) is 30.6 Å². The highest BCUT2D eigenvalue weighted by Gasteiger charge is 2.17. The normalized spacial score (nSPS) is 10.6. The maximum Gasteiger partial charge on any atom is 0.245 e. The molecule has 7 heteroatoms. The maximum absolute atomic E-state index is 12.5. The van der Waals surface area contributed by atoms with Gasteiger partial charge in [0.05, 0.1) is 6.54 Å². The first-order valence-corrected chi connectivity index (χ1v) is 10.1.